The Kier molecular flexibility index (Phi) is 4.11. The third-order valence-electron chi connectivity index (χ3n) is 3.58. The van der Waals surface area contributed by atoms with E-state index in [1.165, 1.54) is 35.2 Å². The second kappa shape index (κ2) is 4.97. The van der Waals surface area contributed by atoms with Crippen molar-refractivity contribution in [2.75, 3.05) is 7.05 Å². The Morgan fingerprint density at radius 2 is 2.00 bits per heavy atom. The van der Waals surface area contributed by atoms with Crippen LogP contribution >= 0.6 is 0 Å². The van der Waals surface area contributed by atoms with Gasteiger partial charge in [-0.15, -0.1) is 0 Å². The Hall–Kier alpha value is -1.34. The largest absolute Gasteiger partial charge is 0.477 e. The molecule has 1 aromatic rings. The Morgan fingerprint density at radius 1 is 1.47 bits per heavy atom. The first-order chi connectivity index (χ1) is 8.54. The predicted molar refractivity (Wildman–Crippen MR) is 71.7 cm³/mol. The van der Waals surface area contributed by atoms with Crippen LogP contribution in [0.2, 0.25) is 0 Å². The van der Waals surface area contributed by atoms with Crippen LogP contribution < -0.4 is 0 Å². The smallest absolute Gasteiger partial charge is 0.352 e. The van der Waals surface area contributed by atoms with Gasteiger partial charge in [0.15, 0.2) is 0 Å². The first-order valence-electron chi connectivity index (χ1n) is 5.92. The van der Waals surface area contributed by atoms with Gasteiger partial charge in [0.2, 0.25) is 10.0 Å². The molecule has 1 rings (SSSR count). The molecule has 0 fully saturated rings. The van der Waals surface area contributed by atoms with Gasteiger partial charge < -0.3 is 9.67 Å². The fourth-order valence-corrected chi connectivity index (χ4v) is 3.24. The second-order valence-electron chi connectivity index (χ2n) is 5.12. The number of hydrogen-bond donors (Lipinski definition) is 1. The van der Waals surface area contributed by atoms with Crippen molar-refractivity contribution >= 4 is 16.0 Å². The highest BCUT2D eigenvalue weighted by Gasteiger charge is 2.33. The molecule has 0 bridgehead atoms. The zero-order valence-corrected chi connectivity index (χ0v) is 12.7. The number of carboxylic acids is 1. The second-order valence-corrected chi connectivity index (χ2v) is 7.08. The number of aryl methyl sites for hydroxylation is 1. The molecule has 0 aliphatic heterocycles. The molecule has 7 heteroatoms. The summed E-state index contributed by atoms with van der Waals surface area (Å²) in [5.74, 6) is -1.15. The third kappa shape index (κ3) is 2.82. The molecule has 0 saturated carbocycles. The van der Waals surface area contributed by atoms with Gasteiger partial charge in [0.25, 0.3) is 0 Å². The van der Waals surface area contributed by atoms with E-state index in [9.17, 15) is 13.2 Å². The number of aromatic nitrogens is 1. The Bertz CT molecular complexity index is 587. The SMILES string of the molecule is CCC(C)(C)N(C)S(=O)(=O)c1cc(C(=O)O)n(C)c1. The van der Waals surface area contributed by atoms with Crippen LogP contribution in [-0.4, -0.2) is 41.0 Å². The van der Waals surface area contributed by atoms with Crippen molar-refractivity contribution in [2.24, 2.45) is 7.05 Å². The first-order valence-corrected chi connectivity index (χ1v) is 7.36. The molecule has 0 amide bonds. The van der Waals surface area contributed by atoms with E-state index < -0.39 is 21.5 Å². The van der Waals surface area contributed by atoms with Gasteiger partial charge in [-0.05, 0) is 26.3 Å². The molecule has 0 aliphatic carbocycles. The lowest BCUT2D eigenvalue weighted by Gasteiger charge is -2.33. The van der Waals surface area contributed by atoms with Gasteiger partial charge in [-0.2, -0.15) is 4.31 Å². The lowest BCUT2D eigenvalue weighted by Crippen LogP contribution is -2.44. The average molecular weight is 288 g/mol. The topological polar surface area (TPSA) is 79.6 Å². The Labute approximate surface area is 113 Å². The van der Waals surface area contributed by atoms with Gasteiger partial charge in [-0.1, -0.05) is 6.92 Å². The zero-order valence-electron chi connectivity index (χ0n) is 11.8. The molecule has 0 spiro atoms. The van der Waals surface area contributed by atoms with Crippen LogP contribution in [0.4, 0.5) is 0 Å². The molecule has 19 heavy (non-hydrogen) atoms. The summed E-state index contributed by atoms with van der Waals surface area (Å²) >= 11 is 0. The van der Waals surface area contributed by atoms with Crippen molar-refractivity contribution in [3.8, 4) is 0 Å². The summed E-state index contributed by atoms with van der Waals surface area (Å²) < 4.78 is 27.5. The highest BCUT2D eigenvalue weighted by molar-refractivity contribution is 7.89. The maximum Gasteiger partial charge on any atom is 0.352 e. The van der Waals surface area contributed by atoms with E-state index in [0.29, 0.717) is 6.42 Å². The summed E-state index contributed by atoms with van der Waals surface area (Å²) in [5.41, 5.74) is -0.584. The molecule has 0 aromatic carbocycles. The van der Waals surface area contributed by atoms with Crippen molar-refractivity contribution in [3.05, 3.63) is 18.0 Å². The summed E-state index contributed by atoms with van der Waals surface area (Å²) in [5, 5.41) is 8.96. The van der Waals surface area contributed by atoms with Crippen LogP contribution in [-0.2, 0) is 17.1 Å². The molecule has 1 heterocycles. The Balaban J connectivity index is 3.29. The maximum absolute atomic E-state index is 12.4. The van der Waals surface area contributed by atoms with Crippen molar-refractivity contribution < 1.29 is 18.3 Å². The van der Waals surface area contributed by atoms with E-state index in [4.69, 9.17) is 5.11 Å². The first kappa shape index (κ1) is 15.7. The fourth-order valence-electron chi connectivity index (χ4n) is 1.59. The molecule has 0 radical (unpaired) electrons. The minimum atomic E-state index is -3.69. The molecular formula is C12H20N2O4S. The molecular weight excluding hydrogens is 268 g/mol. The van der Waals surface area contributed by atoms with Gasteiger partial charge >= 0.3 is 5.97 Å². The van der Waals surface area contributed by atoms with Crippen LogP contribution in [0.5, 0.6) is 0 Å². The quantitative estimate of drug-likeness (QED) is 0.891. The normalized spacial score (nSPS) is 12.9. The highest BCUT2D eigenvalue weighted by Crippen LogP contribution is 2.26. The molecule has 0 aliphatic rings. The summed E-state index contributed by atoms with van der Waals surface area (Å²) in [7, 11) is -0.681. The molecule has 1 aromatic heterocycles. The standard InChI is InChI=1S/C12H20N2O4S/c1-6-12(2,3)14(5)19(17,18)9-7-10(11(15)16)13(4)8-9/h7-8H,6H2,1-5H3,(H,15,16). The number of carbonyl (C=O) groups is 1. The van der Waals surface area contributed by atoms with Gasteiger partial charge in [-0.3, -0.25) is 0 Å². The van der Waals surface area contributed by atoms with E-state index in [-0.39, 0.29) is 10.6 Å². The van der Waals surface area contributed by atoms with Crippen molar-refractivity contribution in [2.45, 2.75) is 37.6 Å². The summed E-state index contributed by atoms with van der Waals surface area (Å²) in [4.78, 5) is 11.0. The van der Waals surface area contributed by atoms with E-state index in [2.05, 4.69) is 0 Å². The number of sulfonamides is 1. The van der Waals surface area contributed by atoms with E-state index >= 15 is 0 Å². The average Bonchev–Trinajstić information content (AvgIpc) is 2.71. The lowest BCUT2D eigenvalue weighted by molar-refractivity contribution is 0.0686. The fraction of sp³-hybridized carbons (Fsp3) is 0.583. The van der Waals surface area contributed by atoms with E-state index in [1.54, 1.807) is 0 Å². The maximum atomic E-state index is 12.4. The third-order valence-corrected chi connectivity index (χ3v) is 5.61. The van der Waals surface area contributed by atoms with Crippen LogP contribution in [0.1, 0.15) is 37.7 Å². The highest BCUT2D eigenvalue weighted by atomic mass is 32.2. The Morgan fingerprint density at radius 3 is 2.37 bits per heavy atom. The molecule has 108 valence electrons. The summed E-state index contributed by atoms with van der Waals surface area (Å²) in [6.45, 7) is 5.55. The minimum absolute atomic E-state index is 0.00331. The minimum Gasteiger partial charge on any atom is -0.477 e. The zero-order chi connectivity index (χ0) is 15.0. The van der Waals surface area contributed by atoms with Gasteiger partial charge in [-0.25, -0.2) is 13.2 Å². The molecule has 0 atom stereocenters. The number of aromatic carboxylic acids is 1. The van der Waals surface area contributed by atoms with E-state index in [0.717, 1.165) is 0 Å². The van der Waals surface area contributed by atoms with E-state index in [1.807, 2.05) is 20.8 Å². The summed E-state index contributed by atoms with van der Waals surface area (Å²) in [6.07, 6.45) is 1.97. The molecule has 1 N–H and O–H groups in total. The van der Waals surface area contributed by atoms with Gasteiger partial charge in [0, 0.05) is 25.8 Å². The van der Waals surface area contributed by atoms with Crippen LogP contribution in [0.3, 0.4) is 0 Å². The number of nitrogens with zero attached hydrogens (tertiary/aromatic N) is 2. The summed E-state index contributed by atoms with van der Waals surface area (Å²) in [6, 6.07) is 1.18. The molecule has 0 saturated heterocycles. The number of hydrogen-bond acceptors (Lipinski definition) is 3. The number of carboxylic acid groups (broad SMARTS) is 1. The van der Waals surface area contributed by atoms with Crippen LogP contribution in [0, 0.1) is 0 Å². The van der Waals surface area contributed by atoms with Gasteiger partial charge in [0.05, 0.1) is 0 Å². The van der Waals surface area contributed by atoms with Crippen LogP contribution in [0.15, 0.2) is 17.2 Å². The lowest BCUT2D eigenvalue weighted by atomic mass is 10.0. The van der Waals surface area contributed by atoms with Gasteiger partial charge in [0.1, 0.15) is 10.6 Å². The molecule has 0 unspecified atom stereocenters. The predicted octanol–water partition coefficient (Wildman–Crippen LogP) is 1.53. The number of rotatable bonds is 5. The van der Waals surface area contributed by atoms with Crippen molar-refractivity contribution in [3.63, 3.8) is 0 Å². The van der Waals surface area contributed by atoms with Crippen LogP contribution in [0.25, 0.3) is 0 Å². The van der Waals surface area contributed by atoms with Crippen molar-refractivity contribution in [1.82, 2.24) is 8.87 Å². The monoisotopic (exact) mass is 288 g/mol. The molecule has 6 nitrogen and oxygen atoms in total. The van der Waals surface area contributed by atoms with Crippen molar-refractivity contribution in [1.29, 1.82) is 0 Å².